The van der Waals surface area contributed by atoms with E-state index in [1.165, 1.54) is 0 Å². The maximum Gasteiger partial charge on any atom is 0.416 e. The Kier molecular flexibility index (Phi) is 4.82. The monoisotopic (exact) mass is 304 g/mol. The van der Waals surface area contributed by atoms with Gasteiger partial charge in [0.15, 0.2) is 0 Å². The van der Waals surface area contributed by atoms with E-state index >= 15 is 0 Å². The third-order valence-corrected chi connectivity index (χ3v) is 3.43. The van der Waals surface area contributed by atoms with Gasteiger partial charge in [-0.2, -0.15) is 13.2 Å². The van der Waals surface area contributed by atoms with Crippen molar-refractivity contribution in [1.29, 1.82) is 0 Å². The van der Waals surface area contributed by atoms with Crippen molar-refractivity contribution in [3.63, 3.8) is 0 Å². The van der Waals surface area contributed by atoms with E-state index in [2.05, 4.69) is 5.32 Å². The van der Waals surface area contributed by atoms with Crippen molar-refractivity contribution in [3.05, 3.63) is 35.1 Å². The van der Waals surface area contributed by atoms with Gasteiger partial charge in [0.25, 0.3) is 0 Å². The van der Waals surface area contributed by atoms with Crippen LogP contribution in [0.1, 0.15) is 24.0 Å². The fourth-order valence-corrected chi connectivity index (χ4v) is 2.35. The molecule has 1 fully saturated rings. The van der Waals surface area contributed by atoms with Gasteiger partial charge in [0.05, 0.1) is 12.1 Å². The number of rotatable bonds is 4. The molecule has 1 heterocycles. The summed E-state index contributed by atoms with van der Waals surface area (Å²) in [5, 5.41) is 2.70. The van der Waals surface area contributed by atoms with E-state index in [0.717, 1.165) is 25.0 Å². The van der Waals surface area contributed by atoms with Crippen molar-refractivity contribution in [2.45, 2.75) is 25.6 Å². The summed E-state index contributed by atoms with van der Waals surface area (Å²) in [5.74, 6) is -1.05. The maximum atomic E-state index is 13.0. The normalized spacial score (nSPS) is 15.5. The molecule has 0 spiro atoms. The second-order valence-corrected chi connectivity index (χ2v) is 4.99. The summed E-state index contributed by atoms with van der Waals surface area (Å²) in [6.45, 7) is 1.25. The highest BCUT2D eigenvalue weighted by Gasteiger charge is 2.33. The van der Waals surface area contributed by atoms with Gasteiger partial charge in [0, 0.05) is 19.6 Å². The molecule has 1 saturated heterocycles. The van der Waals surface area contributed by atoms with Gasteiger partial charge < -0.3 is 10.2 Å². The molecule has 3 nitrogen and oxygen atoms in total. The average molecular weight is 304 g/mol. The van der Waals surface area contributed by atoms with E-state index in [0.29, 0.717) is 19.2 Å². The van der Waals surface area contributed by atoms with Crippen LogP contribution in [0.4, 0.5) is 17.6 Å². The number of nitrogens with one attached hydrogen (secondary N) is 1. The lowest BCUT2D eigenvalue weighted by atomic mass is 10.1. The van der Waals surface area contributed by atoms with Crippen molar-refractivity contribution in [2.75, 3.05) is 19.6 Å². The molecule has 1 amide bonds. The van der Waals surface area contributed by atoms with Gasteiger partial charge in [-0.3, -0.25) is 4.79 Å². The smallest absolute Gasteiger partial charge is 0.342 e. The molecule has 1 aromatic rings. The summed E-state index contributed by atoms with van der Waals surface area (Å²) >= 11 is 0. The minimum atomic E-state index is -4.61. The summed E-state index contributed by atoms with van der Waals surface area (Å²) in [6.07, 6.45) is -2.69. The van der Waals surface area contributed by atoms with Gasteiger partial charge in [-0.25, -0.2) is 4.39 Å². The van der Waals surface area contributed by atoms with Crippen molar-refractivity contribution < 1.29 is 22.4 Å². The minimum absolute atomic E-state index is 0.0192. The zero-order valence-electron chi connectivity index (χ0n) is 11.3. The summed E-state index contributed by atoms with van der Waals surface area (Å²) in [4.78, 5) is 13.4. The maximum absolute atomic E-state index is 13.0. The lowest BCUT2D eigenvalue weighted by Gasteiger charge is -2.17. The average Bonchev–Trinajstić information content (AvgIpc) is 2.93. The standard InChI is InChI=1S/C14H16F4N2O/c15-11-4-3-10(12(7-11)14(16,17)18)8-19-9-13(21)20-5-1-2-6-20/h3-4,7,19H,1-2,5-6,8-9H2. The molecule has 0 unspecified atom stereocenters. The Balaban J connectivity index is 1.95. The Hall–Kier alpha value is -1.63. The number of amides is 1. The van der Waals surface area contributed by atoms with Crippen LogP contribution in [0.3, 0.4) is 0 Å². The van der Waals surface area contributed by atoms with Crippen LogP contribution < -0.4 is 5.32 Å². The van der Waals surface area contributed by atoms with E-state index < -0.39 is 17.6 Å². The second-order valence-electron chi connectivity index (χ2n) is 4.99. The predicted molar refractivity (Wildman–Crippen MR) is 68.9 cm³/mol. The topological polar surface area (TPSA) is 32.3 Å². The van der Waals surface area contributed by atoms with E-state index in [4.69, 9.17) is 0 Å². The summed E-state index contributed by atoms with van der Waals surface area (Å²) in [6, 6.07) is 2.54. The summed E-state index contributed by atoms with van der Waals surface area (Å²) in [7, 11) is 0. The third kappa shape index (κ3) is 4.17. The van der Waals surface area contributed by atoms with Gasteiger partial charge in [-0.05, 0) is 30.5 Å². The first-order valence-electron chi connectivity index (χ1n) is 6.72. The van der Waals surface area contributed by atoms with Crippen molar-refractivity contribution in [1.82, 2.24) is 10.2 Å². The van der Waals surface area contributed by atoms with Gasteiger partial charge in [-0.15, -0.1) is 0 Å². The molecule has 21 heavy (non-hydrogen) atoms. The first-order chi connectivity index (χ1) is 9.88. The summed E-state index contributed by atoms with van der Waals surface area (Å²) < 4.78 is 51.3. The zero-order valence-corrected chi connectivity index (χ0v) is 11.3. The molecule has 0 bridgehead atoms. The molecule has 7 heteroatoms. The number of nitrogens with zero attached hydrogens (tertiary/aromatic N) is 1. The van der Waals surface area contributed by atoms with Crippen LogP contribution in [0.5, 0.6) is 0 Å². The van der Waals surface area contributed by atoms with E-state index in [9.17, 15) is 22.4 Å². The number of carbonyl (C=O) groups excluding carboxylic acids is 1. The molecule has 0 saturated carbocycles. The molecule has 0 atom stereocenters. The van der Waals surface area contributed by atoms with Gasteiger partial charge in [0.1, 0.15) is 5.82 Å². The van der Waals surface area contributed by atoms with Crippen LogP contribution in [-0.4, -0.2) is 30.4 Å². The quantitative estimate of drug-likeness (QED) is 0.867. The van der Waals surface area contributed by atoms with Crippen LogP contribution in [0.15, 0.2) is 18.2 Å². The zero-order chi connectivity index (χ0) is 15.5. The number of halogens is 4. The van der Waals surface area contributed by atoms with Gasteiger partial charge in [-0.1, -0.05) is 6.07 Å². The molecule has 1 aliphatic rings. The number of likely N-dealkylation sites (tertiary alicyclic amines) is 1. The Morgan fingerprint density at radius 1 is 1.24 bits per heavy atom. The Bertz CT molecular complexity index is 510. The van der Waals surface area contributed by atoms with Crippen LogP contribution >= 0.6 is 0 Å². The molecule has 116 valence electrons. The number of hydrogen-bond donors (Lipinski definition) is 1. The highest BCUT2D eigenvalue weighted by molar-refractivity contribution is 5.78. The number of carbonyl (C=O) groups is 1. The molecule has 0 aliphatic carbocycles. The van der Waals surface area contributed by atoms with E-state index in [-0.39, 0.29) is 24.6 Å². The highest BCUT2D eigenvalue weighted by atomic mass is 19.4. The minimum Gasteiger partial charge on any atom is -0.342 e. The van der Waals surface area contributed by atoms with Gasteiger partial charge >= 0.3 is 6.18 Å². The first-order valence-corrected chi connectivity index (χ1v) is 6.72. The lowest BCUT2D eigenvalue weighted by molar-refractivity contribution is -0.138. The fraction of sp³-hybridized carbons (Fsp3) is 0.500. The Labute approximate surface area is 119 Å². The third-order valence-electron chi connectivity index (χ3n) is 3.43. The van der Waals surface area contributed by atoms with Gasteiger partial charge in [0.2, 0.25) is 5.91 Å². The molecule has 1 aromatic carbocycles. The first kappa shape index (κ1) is 15.8. The van der Waals surface area contributed by atoms with E-state index in [1.807, 2.05) is 0 Å². The number of hydrogen-bond acceptors (Lipinski definition) is 2. The Morgan fingerprint density at radius 2 is 1.90 bits per heavy atom. The molecule has 1 N–H and O–H groups in total. The second kappa shape index (κ2) is 6.43. The molecular weight excluding hydrogens is 288 g/mol. The van der Waals surface area contributed by atoms with Crippen LogP contribution in [0.2, 0.25) is 0 Å². The molecule has 1 aliphatic heterocycles. The number of alkyl halides is 3. The van der Waals surface area contributed by atoms with E-state index in [1.54, 1.807) is 4.90 Å². The largest absolute Gasteiger partial charge is 0.416 e. The molecule has 0 aromatic heterocycles. The van der Waals surface area contributed by atoms with Crippen molar-refractivity contribution >= 4 is 5.91 Å². The Morgan fingerprint density at radius 3 is 2.52 bits per heavy atom. The molecule has 0 radical (unpaired) electrons. The van der Waals surface area contributed by atoms with Crippen molar-refractivity contribution in [3.8, 4) is 0 Å². The predicted octanol–water partition coefficient (Wildman–Crippen LogP) is 2.56. The SMILES string of the molecule is O=C(CNCc1ccc(F)cc1C(F)(F)F)N1CCCC1. The highest BCUT2D eigenvalue weighted by Crippen LogP contribution is 2.32. The lowest BCUT2D eigenvalue weighted by Crippen LogP contribution is -2.36. The van der Waals surface area contributed by atoms with Crippen LogP contribution in [0, 0.1) is 5.82 Å². The van der Waals surface area contributed by atoms with Crippen LogP contribution in [0.25, 0.3) is 0 Å². The molecule has 2 rings (SSSR count). The summed E-state index contributed by atoms with van der Waals surface area (Å²) in [5.41, 5.74) is -1.08. The molecular formula is C14H16F4N2O. The fourth-order valence-electron chi connectivity index (χ4n) is 2.35. The van der Waals surface area contributed by atoms with Crippen molar-refractivity contribution in [2.24, 2.45) is 0 Å². The van der Waals surface area contributed by atoms with Crippen LogP contribution in [-0.2, 0) is 17.5 Å². The number of benzene rings is 1.